The number of hydrogen-bond acceptors (Lipinski definition) is 3. The molecule has 3 aromatic heterocycles. The van der Waals surface area contributed by atoms with E-state index in [9.17, 15) is 0 Å². The largest absolute Gasteiger partial charge is 0.333 e. The predicted octanol–water partition coefficient (Wildman–Crippen LogP) is 10.8. The molecule has 0 saturated carbocycles. The Labute approximate surface area is 277 Å². The van der Waals surface area contributed by atoms with Crippen LogP contribution in [0.1, 0.15) is 11.5 Å². The molecule has 4 heteroatoms. The molecule has 0 amide bonds. The molecule has 4 heterocycles. The summed E-state index contributed by atoms with van der Waals surface area (Å²) in [6, 6.07) is 44.4. The Morgan fingerprint density at radius 1 is 0.562 bits per heavy atom. The molecule has 5 aromatic carbocycles. The fourth-order valence-electron chi connectivity index (χ4n) is 8.49. The van der Waals surface area contributed by atoms with Gasteiger partial charge >= 0.3 is 0 Å². The molecule has 0 spiro atoms. The van der Waals surface area contributed by atoms with E-state index < -0.39 is 0 Å². The van der Waals surface area contributed by atoms with Gasteiger partial charge < -0.3 is 4.90 Å². The maximum atomic E-state index is 5.20. The van der Waals surface area contributed by atoms with Crippen molar-refractivity contribution in [3.63, 3.8) is 0 Å². The number of nitrogens with zero attached hydrogens (tertiary/aromatic N) is 4. The number of pyridine rings is 2. The van der Waals surface area contributed by atoms with Crippen LogP contribution in [0.2, 0.25) is 0 Å². The van der Waals surface area contributed by atoms with Crippen molar-refractivity contribution in [2.75, 3.05) is 4.90 Å². The zero-order valence-corrected chi connectivity index (χ0v) is 26.0. The van der Waals surface area contributed by atoms with Gasteiger partial charge in [0.15, 0.2) is 0 Å². The van der Waals surface area contributed by atoms with Gasteiger partial charge in [-0.1, -0.05) is 103 Å². The molecule has 48 heavy (non-hydrogen) atoms. The van der Waals surface area contributed by atoms with Crippen LogP contribution in [0.5, 0.6) is 0 Å². The van der Waals surface area contributed by atoms with E-state index in [0.717, 1.165) is 39.1 Å². The second-order valence-electron chi connectivity index (χ2n) is 13.0. The molecule has 0 N–H and O–H groups in total. The van der Waals surface area contributed by atoms with Crippen LogP contribution in [0.25, 0.3) is 71.9 Å². The Balaban J connectivity index is 1.12. The van der Waals surface area contributed by atoms with E-state index in [2.05, 4.69) is 149 Å². The smallest absolute Gasteiger partial charge is 0.145 e. The Morgan fingerprint density at radius 2 is 1.35 bits per heavy atom. The molecule has 0 saturated heterocycles. The summed E-state index contributed by atoms with van der Waals surface area (Å²) in [5.41, 5.74) is 13.1. The highest BCUT2D eigenvalue weighted by molar-refractivity contribution is 6.17. The van der Waals surface area contributed by atoms with E-state index in [1.54, 1.807) is 0 Å². The van der Waals surface area contributed by atoms with E-state index in [0.29, 0.717) is 5.92 Å². The summed E-state index contributed by atoms with van der Waals surface area (Å²) < 4.78 is 2.36. The number of benzene rings is 5. The Bertz CT molecular complexity index is 2670. The summed E-state index contributed by atoms with van der Waals surface area (Å²) in [6.07, 6.45) is 13.0. The van der Waals surface area contributed by atoms with E-state index in [1.807, 2.05) is 18.5 Å². The lowest BCUT2D eigenvalue weighted by atomic mass is 9.89. The van der Waals surface area contributed by atoms with E-state index >= 15 is 0 Å². The van der Waals surface area contributed by atoms with Crippen LogP contribution in [0.3, 0.4) is 0 Å². The minimum Gasteiger partial charge on any atom is -0.333 e. The van der Waals surface area contributed by atoms with Gasteiger partial charge in [-0.2, -0.15) is 0 Å². The minimum atomic E-state index is 0.267. The van der Waals surface area contributed by atoms with Gasteiger partial charge in [0.2, 0.25) is 0 Å². The average molecular weight is 613 g/mol. The molecule has 0 fully saturated rings. The van der Waals surface area contributed by atoms with Crippen molar-refractivity contribution in [3.8, 4) is 39.3 Å². The van der Waals surface area contributed by atoms with Crippen molar-refractivity contribution in [3.05, 3.63) is 164 Å². The van der Waals surface area contributed by atoms with Crippen LogP contribution in [0.15, 0.2) is 158 Å². The summed E-state index contributed by atoms with van der Waals surface area (Å²) in [7, 11) is 0. The van der Waals surface area contributed by atoms with Crippen LogP contribution in [-0.4, -0.2) is 20.6 Å². The molecule has 2 aliphatic carbocycles. The number of fused-ring (bicyclic) bond motifs is 9. The molecule has 8 aromatic rings. The van der Waals surface area contributed by atoms with Gasteiger partial charge in [0.05, 0.1) is 22.8 Å². The van der Waals surface area contributed by atoms with Crippen molar-refractivity contribution in [2.45, 2.75) is 12.0 Å². The molecule has 0 bridgehead atoms. The van der Waals surface area contributed by atoms with E-state index in [1.165, 1.54) is 49.8 Å². The first-order valence-corrected chi connectivity index (χ1v) is 16.6. The molecule has 11 rings (SSSR count). The quantitative estimate of drug-likeness (QED) is 0.199. The first kappa shape index (κ1) is 25.9. The first-order valence-electron chi connectivity index (χ1n) is 16.6. The van der Waals surface area contributed by atoms with Crippen LogP contribution in [0.4, 0.5) is 11.4 Å². The highest BCUT2D eigenvalue weighted by Crippen LogP contribution is 2.50. The normalized spacial score (nSPS) is 17.0. The van der Waals surface area contributed by atoms with Gasteiger partial charge in [-0.3, -0.25) is 9.55 Å². The fourth-order valence-corrected chi connectivity index (χ4v) is 8.49. The number of para-hydroxylation sites is 2. The van der Waals surface area contributed by atoms with Crippen molar-refractivity contribution in [2.24, 2.45) is 0 Å². The van der Waals surface area contributed by atoms with Gasteiger partial charge in [0.25, 0.3) is 0 Å². The van der Waals surface area contributed by atoms with E-state index in [4.69, 9.17) is 9.97 Å². The summed E-state index contributed by atoms with van der Waals surface area (Å²) in [4.78, 5) is 12.4. The molecule has 3 aliphatic rings. The molecule has 2 unspecified atom stereocenters. The van der Waals surface area contributed by atoms with Crippen molar-refractivity contribution in [1.82, 2.24) is 14.5 Å². The Morgan fingerprint density at radius 3 is 2.31 bits per heavy atom. The third-order valence-electron chi connectivity index (χ3n) is 10.5. The highest BCUT2D eigenvalue weighted by atomic mass is 15.2. The van der Waals surface area contributed by atoms with Gasteiger partial charge in [-0.15, -0.1) is 0 Å². The lowest BCUT2D eigenvalue weighted by Gasteiger charge is -2.28. The molecule has 0 radical (unpaired) electrons. The molecular weight excluding hydrogens is 585 g/mol. The maximum absolute atomic E-state index is 5.20. The minimum absolute atomic E-state index is 0.267. The standard InChI is InChI=1S/C44H28N4/c1-2-10-29(11-3-1)47-38-17-6-5-13-31(38)36-24-27(20-22-40(36)47)28-19-21-32-30-12-4-7-18-39(30)48(41(32)25-28)44-35-15-8-14-34-42(35)37(26-46-44)33-16-9-23-45-43(33)34/h1-26,31,38H. The summed E-state index contributed by atoms with van der Waals surface area (Å²) >= 11 is 0. The van der Waals surface area contributed by atoms with E-state index in [-0.39, 0.29) is 6.04 Å². The van der Waals surface area contributed by atoms with Crippen molar-refractivity contribution >= 4 is 44.0 Å². The Kier molecular flexibility index (Phi) is 5.19. The maximum Gasteiger partial charge on any atom is 0.145 e. The number of allylic oxidation sites excluding steroid dienone is 2. The van der Waals surface area contributed by atoms with Crippen LogP contribution < -0.4 is 4.90 Å². The molecule has 1 aliphatic heterocycles. The second kappa shape index (κ2) is 9.63. The number of rotatable bonds is 3. The predicted molar refractivity (Wildman–Crippen MR) is 197 cm³/mol. The van der Waals surface area contributed by atoms with Crippen LogP contribution in [-0.2, 0) is 0 Å². The van der Waals surface area contributed by atoms with Crippen LogP contribution >= 0.6 is 0 Å². The molecule has 224 valence electrons. The lowest BCUT2D eigenvalue weighted by Crippen LogP contribution is -2.28. The molecular formula is C44H28N4. The second-order valence-corrected chi connectivity index (χ2v) is 13.0. The first-order chi connectivity index (χ1) is 23.8. The number of hydrogen-bond donors (Lipinski definition) is 0. The fraction of sp³-hybridized carbons (Fsp3) is 0.0455. The van der Waals surface area contributed by atoms with Crippen molar-refractivity contribution in [1.29, 1.82) is 0 Å². The zero-order valence-electron chi connectivity index (χ0n) is 26.0. The SMILES string of the molecule is C1=CC2c3cc(-c4ccc5c6ccccc6n(-c6ncc7c8c(cccc68)-c6ncccc6-7)c5c4)ccc3N(c3ccccc3)C2C=C1. The zero-order chi connectivity index (χ0) is 31.3. The highest BCUT2D eigenvalue weighted by Gasteiger charge is 2.37. The summed E-state index contributed by atoms with van der Waals surface area (Å²) in [6.45, 7) is 0. The summed E-state index contributed by atoms with van der Waals surface area (Å²) in [5, 5.41) is 4.81. The topological polar surface area (TPSA) is 34.0 Å². The third kappa shape index (κ3) is 3.44. The number of aromatic nitrogens is 3. The number of anilines is 2. The van der Waals surface area contributed by atoms with Gasteiger partial charge in [0, 0.05) is 67.9 Å². The van der Waals surface area contributed by atoms with Gasteiger partial charge in [-0.25, -0.2) is 4.98 Å². The molecule has 4 nitrogen and oxygen atoms in total. The monoisotopic (exact) mass is 612 g/mol. The lowest BCUT2D eigenvalue weighted by molar-refractivity contribution is 0.745. The molecule has 2 atom stereocenters. The summed E-state index contributed by atoms with van der Waals surface area (Å²) in [5.74, 6) is 1.25. The van der Waals surface area contributed by atoms with Crippen LogP contribution in [0, 0.1) is 0 Å². The third-order valence-corrected chi connectivity index (χ3v) is 10.5. The average Bonchev–Trinajstić information content (AvgIpc) is 3.78. The van der Waals surface area contributed by atoms with Gasteiger partial charge in [-0.05, 0) is 59.2 Å². The Hall–Kier alpha value is -6.26. The van der Waals surface area contributed by atoms with Crippen molar-refractivity contribution < 1.29 is 0 Å². The van der Waals surface area contributed by atoms with Gasteiger partial charge in [0.1, 0.15) is 5.82 Å².